The van der Waals surface area contributed by atoms with E-state index in [1.807, 2.05) is 23.1 Å². The molecule has 0 radical (unpaired) electrons. The molecule has 3 heterocycles. The SMILES string of the molecule is O=C1CN(/N=C/c2ccc(-c3ccc(Cl)cc3)o2)C(=O)N1CCCN1CCN(CO)CC1. The molecule has 0 bridgehead atoms. The van der Waals surface area contributed by atoms with Crippen LogP contribution in [0.3, 0.4) is 0 Å². The minimum absolute atomic E-state index is 0.0741. The van der Waals surface area contributed by atoms with E-state index in [9.17, 15) is 9.59 Å². The second-order valence-corrected chi connectivity index (χ2v) is 8.23. The summed E-state index contributed by atoms with van der Waals surface area (Å²) in [5, 5.41) is 15.1. The topological polar surface area (TPSA) is 92.8 Å². The lowest BCUT2D eigenvalue weighted by Gasteiger charge is -2.33. The molecule has 32 heavy (non-hydrogen) atoms. The molecule has 0 saturated carbocycles. The Bertz CT molecular complexity index is 969. The summed E-state index contributed by atoms with van der Waals surface area (Å²) in [6.07, 6.45) is 2.14. The Labute approximate surface area is 191 Å². The van der Waals surface area contributed by atoms with Crippen LogP contribution in [0.25, 0.3) is 11.3 Å². The van der Waals surface area contributed by atoms with Crippen LogP contribution in [0.5, 0.6) is 0 Å². The van der Waals surface area contributed by atoms with E-state index in [2.05, 4.69) is 10.0 Å². The van der Waals surface area contributed by atoms with Crippen LogP contribution in [-0.4, -0.2) is 95.5 Å². The monoisotopic (exact) mass is 459 g/mol. The summed E-state index contributed by atoms with van der Waals surface area (Å²) in [5.41, 5.74) is 0.880. The summed E-state index contributed by atoms with van der Waals surface area (Å²) in [6, 6.07) is 10.4. The van der Waals surface area contributed by atoms with Crippen molar-refractivity contribution < 1.29 is 19.1 Å². The van der Waals surface area contributed by atoms with Crippen molar-refractivity contribution in [3.63, 3.8) is 0 Å². The van der Waals surface area contributed by atoms with Crippen molar-refractivity contribution in [2.45, 2.75) is 6.42 Å². The Hall–Kier alpha value is -2.72. The van der Waals surface area contributed by atoms with Crippen molar-refractivity contribution in [3.05, 3.63) is 47.2 Å². The molecule has 170 valence electrons. The average Bonchev–Trinajstić information content (AvgIpc) is 3.38. The number of imide groups is 1. The lowest BCUT2D eigenvalue weighted by Crippen LogP contribution is -2.47. The van der Waals surface area contributed by atoms with E-state index in [4.69, 9.17) is 21.1 Å². The van der Waals surface area contributed by atoms with Crippen LogP contribution in [0.1, 0.15) is 12.2 Å². The first-order valence-electron chi connectivity index (χ1n) is 10.6. The summed E-state index contributed by atoms with van der Waals surface area (Å²) in [5.74, 6) is 0.891. The van der Waals surface area contributed by atoms with Crippen molar-refractivity contribution in [1.82, 2.24) is 19.7 Å². The zero-order valence-electron chi connectivity index (χ0n) is 17.7. The molecule has 3 amide bonds. The molecule has 2 aliphatic rings. The average molecular weight is 460 g/mol. The van der Waals surface area contributed by atoms with Gasteiger partial charge in [-0.3, -0.25) is 14.6 Å². The Morgan fingerprint density at radius 1 is 1.00 bits per heavy atom. The number of urea groups is 1. The number of benzene rings is 1. The van der Waals surface area contributed by atoms with E-state index in [0.717, 1.165) is 43.3 Å². The van der Waals surface area contributed by atoms with Gasteiger partial charge in [-0.15, -0.1) is 0 Å². The molecular formula is C22H26ClN5O4. The maximum Gasteiger partial charge on any atom is 0.347 e. The van der Waals surface area contributed by atoms with Crippen molar-refractivity contribution in [3.8, 4) is 11.3 Å². The summed E-state index contributed by atoms with van der Waals surface area (Å²) >= 11 is 5.91. The van der Waals surface area contributed by atoms with Gasteiger partial charge in [-0.25, -0.2) is 9.80 Å². The lowest BCUT2D eigenvalue weighted by molar-refractivity contribution is -0.125. The number of nitrogens with zero attached hydrogens (tertiary/aromatic N) is 5. The lowest BCUT2D eigenvalue weighted by atomic mass is 10.2. The van der Waals surface area contributed by atoms with Crippen molar-refractivity contribution in [2.24, 2.45) is 5.10 Å². The molecule has 1 aromatic carbocycles. The smallest absolute Gasteiger partial charge is 0.347 e. The first-order chi connectivity index (χ1) is 15.5. The zero-order chi connectivity index (χ0) is 22.5. The fraction of sp³-hybridized carbons (Fsp3) is 0.409. The number of hydrogen-bond donors (Lipinski definition) is 1. The summed E-state index contributed by atoms with van der Waals surface area (Å²) in [7, 11) is 0. The number of hydrogen-bond acceptors (Lipinski definition) is 7. The molecule has 2 aliphatic heterocycles. The molecule has 0 spiro atoms. The molecule has 4 rings (SSSR count). The summed E-state index contributed by atoms with van der Waals surface area (Å²) < 4.78 is 5.75. The van der Waals surface area contributed by atoms with E-state index in [-0.39, 0.29) is 19.2 Å². The quantitative estimate of drug-likeness (QED) is 0.480. The van der Waals surface area contributed by atoms with Crippen LogP contribution in [-0.2, 0) is 4.79 Å². The van der Waals surface area contributed by atoms with Crippen LogP contribution >= 0.6 is 11.6 Å². The fourth-order valence-electron chi connectivity index (χ4n) is 3.76. The standard InChI is InChI=1S/C22H26ClN5O4/c23-18-4-2-17(3-5-18)20-7-6-19(32-20)14-24-28-15-21(30)27(22(28)31)9-1-8-25-10-12-26(16-29)13-11-25/h2-7,14,29H,1,8-13,15-16H2/b24-14+. The van der Waals surface area contributed by atoms with Gasteiger partial charge in [0.15, 0.2) is 0 Å². The van der Waals surface area contributed by atoms with Gasteiger partial charge in [0.1, 0.15) is 18.1 Å². The molecule has 10 heteroatoms. The highest BCUT2D eigenvalue weighted by Crippen LogP contribution is 2.23. The van der Waals surface area contributed by atoms with E-state index in [0.29, 0.717) is 29.5 Å². The van der Waals surface area contributed by atoms with Gasteiger partial charge in [-0.2, -0.15) is 5.10 Å². The number of halogens is 1. The van der Waals surface area contributed by atoms with Crippen LogP contribution in [0.15, 0.2) is 45.9 Å². The van der Waals surface area contributed by atoms with Gasteiger partial charge < -0.3 is 14.4 Å². The molecule has 2 aromatic rings. The Morgan fingerprint density at radius 2 is 1.72 bits per heavy atom. The normalized spacial score (nSPS) is 18.4. The van der Waals surface area contributed by atoms with Gasteiger partial charge in [-0.1, -0.05) is 11.6 Å². The number of rotatable bonds is 8. The van der Waals surface area contributed by atoms with Gasteiger partial charge in [0.25, 0.3) is 5.91 Å². The van der Waals surface area contributed by atoms with Crippen LogP contribution in [0.2, 0.25) is 5.02 Å². The largest absolute Gasteiger partial charge is 0.455 e. The first-order valence-corrected chi connectivity index (χ1v) is 11.0. The predicted octanol–water partition coefficient (Wildman–Crippen LogP) is 2.16. The van der Waals surface area contributed by atoms with E-state index in [1.165, 1.54) is 11.1 Å². The fourth-order valence-corrected chi connectivity index (χ4v) is 3.89. The highest BCUT2D eigenvalue weighted by Gasteiger charge is 2.35. The molecule has 0 atom stereocenters. The summed E-state index contributed by atoms with van der Waals surface area (Å²) in [6.45, 7) is 4.59. The van der Waals surface area contributed by atoms with Gasteiger partial charge in [-0.05, 0) is 49.4 Å². The highest BCUT2D eigenvalue weighted by atomic mass is 35.5. The van der Waals surface area contributed by atoms with Crippen LogP contribution in [0.4, 0.5) is 4.79 Å². The van der Waals surface area contributed by atoms with Gasteiger partial charge in [0, 0.05) is 43.3 Å². The molecule has 1 N–H and O–H groups in total. The number of furan rings is 1. The Balaban J connectivity index is 1.27. The van der Waals surface area contributed by atoms with E-state index >= 15 is 0 Å². The van der Waals surface area contributed by atoms with E-state index < -0.39 is 6.03 Å². The van der Waals surface area contributed by atoms with E-state index in [1.54, 1.807) is 18.2 Å². The molecule has 0 aliphatic carbocycles. The van der Waals surface area contributed by atoms with Crippen molar-refractivity contribution >= 4 is 29.8 Å². The minimum atomic E-state index is -0.416. The van der Waals surface area contributed by atoms with Crippen LogP contribution < -0.4 is 0 Å². The summed E-state index contributed by atoms with van der Waals surface area (Å²) in [4.78, 5) is 30.4. The highest BCUT2D eigenvalue weighted by molar-refractivity contribution is 6.30. The zero-order valence-corrected chi connectivity index (χ0v) is 18.4. The number of piperazine rings is 1. The molecular weight excluding hydrogens is 434 g/mol. The first kappa shape index (κ1) is 22.5. The molecule has 2 saturated heterocycles. The Morgan fingerprint density at radius 3 is 2.44 bits per heavy atom. The van der Waals surface area contributed by atoms with Crippen molar-refractivity contribution in [1.29, 1.82) is 0 Å². The number of carbonyl (C=O) groups is 2. The van der Waals surface area contributed by atoms with Gasteiger partial charge >= 0.3 is 6.03 Å². The predicted molar refractivity (Wildman–Crippen MR) is 120 cm³/mol. The van der Waals surface area contributed by atoms with Crippen LogP contribution in [0, 0.1) is 0 Å². The molecule has 0 unspecified atom stereocenters. The maximum atomic E-state index is 12.6. The molecule has 2 fully saturated rings. The third-order valence-corrected chi connectivity index (χ3v) is 5.89. The number of aliphatic hydroxyl groups is 1. The molecule has 1 aromatic heterocycles. The number of hydrazone groups is 1. The second-order valence-electron chi connectivity index (χ2n) is 7.79. The number of carbonyl (C=O) groups excluding carboxylic acids is 2. The third-order valence-electron chi connectivity index (χ3n) is 5.64. The Kier molecular flexibility index (Phi) is 7.21. The van der Waals surface area contributed by atoms with Gasteiger partial charge in [0.2, 0.25) is 0 Å². The second kappa shape index (κ2) is 10.3. The van der Waals surface area contributed by atoms with Crippen molar-refractivity contribution in [2.75, 3.05) is 52.5 Å². The number of amides is 3. The molecule has 9 nitrogen and oxygen atoms in total. The minimum Gasteiger partial charge on any atom is -0.455 e. The maximum absolute atomic E-state index is 12.6. The number of aliphatic hydroxyl groups excluding tert-OH is 1. The van der Waals surface area contributed by atoms with Gasteiger partial charge in [0.05, 0.1) is 12.9 Å². The third kappa shape index (κ3) is 5.36.